The quantitative estimate of drug-likeness (QED) is 0.610. The molecular weight excluding hydrogens is 206 g/mol. The van der Waals surface area contributed by atoms with Crippen molar-refractivity contribution in [1.82, 2.24) is 0 Å². The van der Waals surface area contributed by atoms with Gasteiger partial charge in [0.1, 0.15) is 0 Å². The van der Waals surface area contributed by atoms with Gasteiger partial charge in [-0.1, -0.05) is 12.5 Å². The molecule has 0 radical (unpaired) electrons. The van der Waals surface area contributed by atoms with Gasteiger partial charge in [0.15, 0.2) is 0 Å². The van der Waals surface area contributed by atoms with Crippen molar-refractivity contribution in [3.63, 3.8) is 0 Å². The normalized spacial score (nSPS) is 25.7. The molecule has 0 aromatic heterocycles. The smallest absolute Gasteiger partial charge is 0.246 e. The van der Waals surface area contributed by atoms with E-state index in [1.54, 1.807) is 6.21 Å². The number of aliphatic imine (C=N–C) groups is 1. The minimum atomic E-state index is -0.0358. The van der Waals surface area contributed by atoms with Crippen molar-refractivity contribution < 1.29 is 4.79 Å². The van der Waals surface area contributed by atoms with Gasteiger partial charge in [-0.15, -0.1) is 0 Å². The molecule has 1 aliphatic rings. The molecule has 1 aliphatic heterocycles. The molecule has 0 aromatic carbocycles. The summed E-state index contributed by atoms with van der Waals surface area (Å²) in [6.07, 6.45) is 2.11. The topological polar surface area (TPSA) is 29.4 Å². The van der Waals surface area contributed by atoms with Crippen LogP contribution in [0.2, 0.25) is 0 Å². The van der Waals surface area contributed by atoms with Crippen LogP contribution < -0.4 is 0 Å². The predicted octanol–water partition coefficient (Wildman–Crippen LogP) is 2.29. The zero-order valence-electron chi connectivity index (χ0n) is 6.60. The number of nitrogens with zero attached hydrogens (tertiary/aromatic N) is 1. The van der Waals surface area contributed by atoms with Crippen LogP contribution in [0.3, 0.4) is 0 Å². The maximum atomic E-state index is 10.9. The highest BCUT2D eigenvalue weighted by Crippen LogP contribution is 2.23. The molecule has 1 amide bonds. The first-order valence-electron chi connectivity index (χ1n) is 3.54. The van der Waals surface area contributed by atoms with E-state index in [9.17, 15) is 4.79 Å². The second kappa shape index (κ2) is 3.30. The molecule has 0 saturated heterocycles. The van der Waals surface area contributed by atoms with E-state index in [2.05, 4.69) is 20.9 Å². The Bertz CT molecular complexity index is 242. The molecular formula is C8H10BrNO. The maximum absolute atomic E-state index is 10.9. The van der Waals surface area contributed by atoms with E-state index in [0.717, 1.165) is 4.48 Å². The zero-order chi connectivity index (χ0) is 8.43. The largest absolute Gasteiger partial charge is 0.273 e. The van der Waals surface area contributed by atoms with Gasteiger partial charge in [-0.3, -0.25) is 4.79 Å². The third kappa shape index (κ3) is 1.99. The summed E-state index contributed by atoms with van der Waals surface area (Å²) in [7, 11) is 0. The minimum absolute atomic E-state index is 0.0358. The lowest BCUT2D eigenvalue weighted by Gasteiger charge is -2.07. The van der Waals surface area contributed by atoms with Crippen molar-refractivity contribution in [2.24, 2.45) is 10.9 Å². The van der Waals surface area contributed by atoms with Gasteiger partial charge in [0.25, 0.3) is 0 Å². The third-order valence-corrected chi connectivity index (χ3v) is 2.75. The van der Waals surface area contributed by atoms with Crippen molar-refractivity contribution in [1.29, 1.82) is 0 Å². The number of hydrogen-bond acceptors (Lipinski definition) is 1. The first-order chi connectivity index (χ1) is 5.11. The van der Waals surface area contributed by atoms with Crippen LogP contribution >= 0.6 is 15.9 Å². The van der Waals surface area contributed by atoms with Gasteiger partial charge in [-0.25, -0.2) is 4.99 Å². The highest BCUT2D eigenvalue weighted by atomic mass is 79.9. The Morgan fingerprint density at radius 3 is 3.00 bits per heavy atom. The molecule has 0 aromatic rings. The van der Waals surface area contributed by atoms with Crippen LogP contribution in [0.25, 0.3) is 0 Å². The highest BCUT2D eigenvalue weighted by molar-refractivity contribution is 9.12. The molecule has 0 N–H and O–H groups in total. The molecule has 11 heavy (non-hydrogen) atoms. The fourth-order valence-electron chi connectivity index (χ4n) is 0.934. The monoisotopic (exact) mass is 215 g/mol. The molecule has 1 rings (SSSR count). The number of rotatable bonds is 0. The Morgan fingerprint density at radius 2 is 2.36 bits per heavy atom. The molecule has 60 valence electrons. The SMILES string of the molecule is CC1=C(Br)C=NC(=O)CC1C. The highest BCUT2D eigenvalue weighted by Gasteiger charge is 2.14. The molecule has 0 saturated carbocycles. The van der Waals surface area contributed by atoms with Crippen LogP contribution in [0.1, 0.15) is 20.3 Å². The summed E-state index contributed by atoms with van der Waals surface area (Å²) in [6, 6.07) is 0. The van der Waals surface area contributed by atoms with Gasteiger partial charge >= 0.3 is 0 Å². The van der Waals surface area contributed by atoms with Crippen LogP contribution in [0.15, 0.2) is 15.0 Å². The van der Waals surface area contributed by atoms with Crippen molar-refractivity contribution >= 4 is 28.1 Å². The summed E-state index contributed by atoms with van der Waals surface area (Å²) >= 11 is 3.35. The molecule has 1 heterocycles. The summed E-state index contributed by atoms with van der Waals surface area (Å²) < 4.78 is 0.941. The molecule has 0 fully saturated rings. The van der Waals surface area contributed by atoms with E-state index in [1.165, 1.54) is 5.57 Å². The average Bonchev–Trinajstić information content (AvgIpc) is 2.05. The van der Waals surface area contributed by atoms with Crippen molar-refractivity contribution in [2.45, 2.75) is 20.3 Å². The van der Waals surface area contributed by atoms with Crippen molar-refractivity contribution in [3.8, 4) is 0 Å². The predicted molar refractivity (Wildman–Crippen MR) is 48.9 cm³/mol. The van der Waals surface area contributed by atoms with Gasteiger partial charge in [0, 0.05) is 17.1 Å². The lowest BCUT2D eigenvalue weighted by molar-refractivity contribution is -0.118. The molecule has 0 aliphatic carbocycles. The van der Waals surface area contributed by atoms with Gasteiger partial charge in [-0.05, 0) is 28.8 Å². The summed E-state index contributed by atoms with van der Waals surface area (Å²) in [5.41, 5.74) is 1.19. The summed E-state index contributed by atoms with van der Waals surface area (Å²) in [5.74, 6) is 0.269. The van der Waals surface area contributed by atoms with Crippen LogP contribution in [-0.2, 0) is 4.79 Å². The van der Waals surface area contributed by atoms with E-state index >= 15 is 0 Å². The Hall–Kier alpha value is -0.440. The van der Waals surface area contributed by atoms with E-state index in [4.69, 9.17) is 0 Å². The van der Waals surface area contributed by atoms with Gasteiger partial charge in [0.05, 0.1) is 0 Å². The second-order valence-corrected chi connectivity index (χ2v) is 3.64. The number of amides is 1. The zero-order valence-corrected chi connectivity index (χ0v) is 8.18. The fraction of sp³-hybridized carbons (Fsp3) is 0.500. The molecule has 1 atom stereocenters. The van der Waals surface area contributed by atoms with Crippen molar-refractivity contribution in [3.05, 3.63) is 10.1 Å². The van der Waals surface area contributed by atoms with Crippen LogP contribution in [0, 0.1) is 5.92 Å². The number of hydrogen-bond donors (Lipinski definition) is 0. The minimum Gasteiger partial charge on any atom is -0.273 e. The standard InChI is InChI=1S/C8H10BrNO/c1-5-3-8(11)10-4-7(9)6(5)2/h4-5H,3H2,1-2H3. The van der Waals surface area contributed by atoms with E-state index in [0.29, 0.717) is 12.3 Å². The van der Waals surface area contributed by atoms with Crippen LogP contribution in [0.4, 0.5) is 0 Å². The first kappa shape index (κ1) is 8.65. The summed E-state index contributed by atoms with van der Waals surface area (Å²) in [4.78, 5) is 14.7. The number of allylic oxidation sites excluding steroid dienone is 2. The van der Waals surface area contributed by atoms with E-state index in [1.807, 2.05) is 13.8 Å². The fourth-order valence-corrected chi connectivity index (χ4v) is 1.43. The third-order valence-electron chi connectivity index (χ3n) is 1.92. The first-order valence-corrected chi connectivity index (χ1v) is 4.33. The summed E-state index contributed by atoms with van der Waals surface area (Å²) in [5, 5.41) is 0. The average molecular weight is 216 g/mol. The number of halogens is 1. The molecule has 1 unspecified atom stereocenters. The Morgan fingerprint density at radius 1 is 1.73 bits per heavy atom. The van der Waals surface area contributed by atoms with Crippen LogP contribution in [0.5, 0.6) is 0 Å². The number of carbonyl (C=O) groups excluding carboxylic acids is 1. The molecule has 0 spiro atoms. The number of carbonyl (C=O) groups is 1. The Kier molecular flexibility index (Phi) is 2.60. The Balaban J connectivity index is 2.94. The van der Waals surface area contributed by atoms with E-state index < -0.39 is 0 Å². The molecule has 2 nitrogen and oxygen atoms in total. The van der Waals surface area contributed by atoms with Gasteiger partial charge in [0.2, 0.25) is 5.91 Å². The maximum Gasteiger partial charge on any atom is 0.246 e. The van der Waals surface area contributed by atoms with E-state index in [-0.39, 0.29) is 5.91 Å². The molecule has 3 heteroatoms. The van der Waals surface area contributed by atoms with Gasteiger partial charge in [-0.2, -0.15) is 0 Å². The summed E-state index contributed by atoms with van der Waals surface area (Å²) in [6.45, 7) is 4.04. The molecule has 0 bridgehead atoms. The van der Waals surface area contributed by atoms with Crippen molar-refractivity contribution in [2.75, 3.05) is 0 Å². The van der Waals surface area contributed by atoms with Gasteiger partial charge < -0.3 is 0 Å². The second-order valence-electron chi connectivity index (χ2n) is 2.79. The van der Waals surface area contributed by atoms with Crippen LogP contribution in [-0.4, -0.2) is 12.1 Å². The Labute approximate surface area is 74.5 Å². The lowest BCUT2D eigenvalue weighted by atomic mass is 9.99. The lowest BCUT2D eigenvalue weighted by Crippen LogP contribution is -2.01.